The number of tetrazole rings is 1. The number of nitrogens with one attached hydrogen (secondary N) is 2. The highest BCUT2D eigenvalue weighted by Gasteiger charge is 2.23. The van der Waals surface area contributed by atoms with Crippen LogP contribution in [-0.2, 0) is 22.6 Å². The molecule has 222 valence electrons. The lowest BCUT2D eigenvalue weighted by molar-refractivity contribution is -0.384. The normalized spacial score (nSPS) is 14.8. The Labute approximate surface area is 239 Å². The van der Waals surface area contributed by atoms with Crippen molar-refractivity contribution in [2.75, 3.05) is 53.2 Å². The van der Waals surface area contributed by atoms with Crippen LogP contribution in [0, 0.1) is 10.1 Å². The maximum absolute atomic E-state index is 12.1. The Balaban J connectivity index is 0.973. The summed E-state index contributed by atoms with van der Waals surface area (Å²) in [5.74, 6) is 1.49. The number of fused-ring (bicyclic) bond motifs is 1. The number of nitro groups is 1. The molecule has 3 heterocycles. The number of hydrazine groups is 1. The summed E-state index contributed by atoms with van der Waals surface area (Å²) in [6.07, 6.45) is -0.803. The van der Waals surface area contributed by atoms with Gasteiger partial charge in [-0.1, -0.05) is 12.1 Å². The number of aromatic nitrogens is 4. The van der Waals surface area contributed by atoms with Gasteiger partial charge in [0.25, 0.3) is 11.6 Å². The molecule has 1 aromatic heterocycles. The second kappa shape index (κ2) is 13.1. The van der Waals surface area contributed by atoms with Gasteiger partial charge in [-0.05, 0) is 22.9 Å². The number of hydrogen-bond donors (Lipinski definition) is 2. The zero-order chi connectivity index (χ0) is 29.5. The van der Waals surface area contributed by atoms with Gasteiger partial charge in [-0.25, -0.2) is 10.2 Å². The third kappa shape index (κ3) is 7.18. The minimum Gasteiger partial charge on any atom is -0.493 e. The third-order valence-electron chi connectivity index (χ3n) is 6.59. The van der Waals surface area contributed by atoms with Crippen molar-refractivity contribution in [3.05, 3.63) is 52.1 Å². The highest BCUT2D eigenvalue weighted by atomic mass is 16.7. The Bertz CT molecular complexity index is 1440. The van der Waals surface area contributed by atoms with Crippen LogP contribution in [0.15, 0.2) is 36.4 Å². The Hall–Kier alpha value is -5.03. The van der Waals surface area contributed by atoms with E-state index in [0.29, 0.717) is 29.4 Å². The van der Waals surface area contributed by atoms with E-state index in [2.05, 4.69) is 36.1 Å². The fraction of sp³-hybridized carbons (Fsp3) is 0.400. The highest BCUT2D eigenvalue weighted by Crippen LogP contribution is 2.42. The molecule has 1 fully saturated rings. The summed E-state index contributed by atoms with van der Waals surface area (Å²) in [4.78, 5) is 40.1. The van der Waals surface area contributed by atoms with Gasteiger partial charge >= 0.3 is 6.09 Å². The number of benzene rings is 2. The van der Waals surface area contributed by atoms with Crippen LogP contribution in [0.25, 0.3) is 11.4 Å². The maximum atomic E-state index is 12.1. The number of rotatable bonds is 10. The number of nitrogens with zero attached hydrogens (tertiary/aromatic N) is 7. The smallest absolute Gasteiger partial charge is 0.426 e. The van der Waals surface area contributed by atoms with E-state index in [-0.39, 0.29) is 31.5 Å². The average Bonchev–Trinajstić information content (AvgIpc) is 3.66. The number of hydrogen-bond acceptors (Lipinski definition) is 13. The second-order valence-corrected chi connectivity index (χ2v) is 9.41. The van der Waals surface area contributed by atoms with Gasteiger partial charge in [0, 0.05) is 57.0 Å². The van der Waals surface area contributed by atoms with Crippen molar-refractivity contribution in [2.24, 2.45) is 0 Å². The number of non-ortho nitro benzene ring substituents is 1. The summed E-state index contributed by atoms with van der Waals surface area (Å²) in [6.45, 7) is 4.61. The number of amides is 2. The zero-order valence-corrected chi connectivity index (χ0v) is 22.7. The molecule has 17 nitrogen and oxygen atoms in total. The number of ether oxygens (including phenoxy) is 4. The van der Waals surface area contributed by atoms with Gasteiger partial charge in [-0.2, -0.15) is 4.80 Å². The van der Waals surface area contributed by atoms with E-state index < -0.39 is 16.9 Å². The van der Waals surface area contributed by atoms with Crippen LogP contribution in [0.5, 0.6) is 17.2 Å². The largest absolute Gasteiger partial charge is 0.493 e. The van der Waals surface area contributed by atoms with Crippen LogP contribution in [0.3, 0.4) is 0 Å². The zero-order valence-electron chi connectivity index (χ0n) is 22.7. The minimum atomic E-state index is -0.803. The lowest BCUT2D eigenvalue weighted by Gasteiger charge is -2.34. The van der Waals surface area contributed by atoms with Crippen LogP contribution in [-0.4, -0.2) is 100 Å². The van der Waals surface area contributed by atoms with Gasteiger partial charge in [0.1, 0.15) is 13.2 Å². The Morgan fingerprint density at radius 1 is 1.10 bits per heavy atom. The molecule has 2 amide bonds. The van der Waals surface area contributed by atoms with Gasteiger partial charge in [0.15, 0.2) is 11.5 Å². The molecule has 0 saturated carbocycles. The van der Waals surface area contributed by atoms with Gasteiger partial charge < -0.3 is 18.9 Å². The van der Waals surface area contributed by atoms with E-state index in [0.717, 1.165) is 43.1 Å². The first-order chi connectivity index (χ1) is 20.4. The molecule has 1 saturated heterocycles. The van der Waals surface area contributed by atoms with Crippen molar-refractivity contribution in [3.63, 3.8) is 0 Å². The van der Waals surface area contributed by atoms with Crippen molar-refractivity contribution < 1.29 is 33.5 Å². The third-order valence-corrected chi connectivity index (χ3v) is 6.59. The topological polar surface area (TPSA) is 188 Å². The van der Waals surface area contributed by atoms with E-state index in [1.165, 1.54) is 18.2 Å². The molecule has 0 atom stereocenters. The molecule has 3 aromatic rings. The predicted octanol–water partition coefficient (Wildman–Crippen LogP) is 0.561. The molecular weight excluding hydrogens is 554 g/mol. The number of piperazine rings is 1. The van der Waals surface area contributed by atoms with Gasteiger partial charge in [-0.15, -0.1) is 10.2 Å². The molecule has 0 bridgehead atoms. The summed E-state index contributed by atoms with van der Waals surface area (Å²) in [5.41, 5.74) is 5.73. The fourth-order valence-corrected chi connectivity index (χ4v) is 4.48. The molecule has 2 aliphatic rings. The number of carbonyl (C=O) groups is 2. The van der Waals surface area contributed by atoms with E-state index >= 15 is 0 Å². The minimum absolute atomic E-state index is 0.118. The average molecular weight is 584 g/mol. The summed E-state index contributed by atoms with van der Waals surface area (Å²) >= 11 is 0. The Morgan fingerprint density at radius 3 is 2.69 bits per heavy atom. The van der Waals surface area contributed by atoms with E-state index in [1.807, 2.05) is 12.1 Å². The Kier molecular flexibility index (Phi) is 8.88. The SMILES string of the molecule is COc1cc(CN2CCN(CCOC(=O)NNC(=O)Cn3nnc(-c4cccc([N+](=O)[O-])c4)n3)CC2)cc2c1OCO2. The lowest BCUT2D eigenvalue weighted by Crippen LogP contribution is -2.47. The molecule has 2 aromatic carbocycles. The standard InChI is InChI=1S/C25H29N9O8/c1-39-20-11-17(12-21-23(20)42-16-41-21)14-32-7-5-31(6-8-32)9-10-40-25(36)28-26-22(35)15-33-29-24(27-30-33)18-3-2-4-19(13-18)34(37)38/h2-4,11-13H,5-10,14-16H2,1H3,(H,26,35)(H,28,36). The molecule has 0 unspecified atom stereocenters. The van der Waals surface area contributed by atoms with E-state index in [4.69, 9.17) is 18.9 Å². The van der Waals surface area contributed by atoms with Crippen molar-refractivity contribution in [1.82, 2.24) is 40.9 Å². The molecule has 2 aliphatic heterocycles. The highest BCUT2D eigenvalue weighted by molar-refractivity contribution is 5.78. The first kappa shape index (κ1) is 28.5. The van der Waals surface area contributed by atoms with E-state index in [9.17, 15) is 19.7 Å². The Morgan fingerprint density at radius 2 is 1.90 bits per heavy atom. The maximum Gasteiger partial charge on any atom is 0.426 e. The van der Waals surface area contributed by atoms with Crippen LogP contribution in [0.4, 0.5) is 10.5 Å². The fourth-order valence-electron chi connectivity index (χ4n) is 4.48. The molecule has 0 radical (unpaired) electrons. The van der Waals surface area contributed by atoms with Crippen molar-refractivity contribution in [2.45, 2.75) is 13.1 Å². The van der Waals surface area contributed by atoms with Gasteiger partial charge in [-0.3, -0.25) is 30.1 Å². The van der Waals surface area contributed by atoms with Crippen molar-refractivity contribution in [3.8, 4) is 28.6 Å². The molecule has 17 heteroatoms. The van der Waals surface area contributed by atoms with Gasteiger partial charge in [0.2, 0.25) is 18.4 Å². The first-order valence-corrected chi connectivity index (χ1v) is 13.0. The molecule has 5 rings (SSSR count). The summed E-state index contributed by atoms with van der Waals surface area (Å²) in [7, 11) is 1.60. The van der Waals surface area contributed by atoms with Crippen LogP contribution in [0.2, 0.25) is 0 Å². The molecule has 2 N–H and O–H groups in total. The second-order valence-electron chi connectivity index (χ2n) is 9.41. The number of carbonyl (C=O) groups excluding carboxylic acids is 2. The first-order valence-electron chi connectivity index (χ1n) is 13.0. The monoisotopic (exact) mass is 583 g/mol. The number of nitro benzene ring substituents is 1. The van der Waals surface area contributed by atoms with Gasteiger partial charge in [0.05, 0.1) is 12.0 Å². The molecule has 0 aliphatic carbocycles. The molecule has 0 spiro atoms. The van der Waals surface area contributed by atoms with Crippen LogP contribution in [0.1, 0.15) is 5.56 Å². The summed E-state index contributed by atoms with van der Waals surface area (Å²) in [5, 5.41) is 22.6. The summed E-state index contributed by atoms with van der Waals surface area (Å²) < 4.78 is 21.5. The van der Waals surface area contributed by atoms with Crippen molar-refractivity contribution >= 4 is 17.7 Å². The molecule has 42 heavy (non-hydrogen) atoms. The molecular formula is C25H29N9O8. The number of methoxy groups -OCH3 is 1. The van der Waals surface area contributed by atoms with Crippen LogP contribution < -0.4 is 25.1 Å². The van der Waals surface area contributed by atoms with E-state index in [1.54, 1.807) is 13.2 Å². The van der Waals surface area contributed by atoms with Crippen molar-refractivity contribution in [1.29, 1.82) is 0 Å². The lowest BCUT2D eigenvalue weighted by atomic mass is 10.1. The van der Waals surface area contributed by atoms with Crippen LogP contribution >= 0.6 is 0 Å². The summed E-state index contributed by atoms with van der Waals surface area (Å²) in [6, 6.07) is 9.67. The quantitative estimate of drug-likeness (QED) is 0.249. The predicted molar refractivity (Wildman–Crippen MR) is 143 cm³/mol.